The molecule has 0 saturated carbocycles. The molecule has 0 radical (unpaired) electrons. The van der Waals surface area contributed by atoms with Crippen molar-refractivity contribution < 1.29 is 19.1 Å². The average Bonchev–Trinajstić information content (AvgIpc) is 2.85. The van der Waals surface area contributed by atoms with Gasteiger partial charge in [-0.3, -0.25) is 19.3 Å². The largest absolute Gasteiger partial charge is 0.493 e. The molecule has 3 rings (SSSR count). The third-order valence-electron chi connectivity index (χ3n) is 6.61. The minimum absolute atomic E-state index is 0.0446. The first kappa shape index (κ1) is 25.0. The lowest BCUT2D eigenvalue weighted by Crippen LogP contribution is -2.54. The van der Waals surface area contributed by atoms with Crippen molar-refractivity contribution in [3.8, 4) is 5.75 Å². The predicted molar refractivity (Wildman–Crippen MR) is 127 cm³/mol. The van der Waals surface area contributed by atoms with Crippen molar-refractivity contribution in [2.45, 2.75) is 33.1 Å². The molecule has 0 aromatic heterocycles. The molecule has 2 fully saturated rings. The number of para-hydroxylation sites is 1. The van der Waals surface area contributed by atoms with Crippen molar-refractivity contribution in [1.29, 1.82) is 0 Å². The van der Waals surface area contributed by atoms with E-state index in [-0.39, 0.29) is 23.6 Å². The van der Waals surface area contributed by atoms with Gasteiger partial charge < -0.3 is 19.4 Å². The van der Waals surface area contributed by atoms with Crippen LogP contribution in [0.5, 0.6) is 5.75 Å². The molecule has 1 atom stereocenters. The van der Waals surface area contributed by atoms with Gasteiger partial charge in [-0.2, -0.15) is 0 Å². The van der Waals surface area contributed by atoms with E-state index < -0.39 is 0 Å². The van der Waals surface area contributed by atoms with E-state index >= 15 is 0 Å². The second kappa shape index (κ2) is 12.6. The molecule has 0 spiro atoms. The van der Waals surface area contributed by atoms with E-state index in [9.17, 15) is 14.4 Å². The zero-order valence-electron chi connectivity index (χ0n) is 20.1. The lowest BCUT2D eigenvalue weighted by molar-refractivity contribution is -0.142. The van der Waals surface area contributed by atoms with Crippen molar-refractivity contribution in [3.63, 3.8) is 0 Å². The Morgan fingerprint density at radius 1 is 0.970 bits per heavy atom. The van der Waals surface area contributed by atoms with Crippen LogP contribution in [0.2, 0.25) is 0 Å². The van der Waals surface area contributed by atoms with Crippen LogP contribution in [-0.4, -0.2) is 103 Å². The number of piperidine rings is 1. The number of benzene rings is 1. The summed E-state index contributed by atoms with van der Waals surface area (Å²) in [5.41, 5.74) is 0. The topological polar surface area (TPSA) is 73.4 Å². The van der Waals surface area contributed by atoms with E-state index in [4.69, 9.17) is 4.74 Å². The number of piperazine rings is 1. The molecule has 0 aliphatic carbocycles. The van der Waals surface area contributed by atoms with Crippen molar-refractivity contribution >= 4 is 17.7 Å². The molecule has 2 aliphatic rings. The molecular weight excluding hydrogens is 420 g/mol. The van der Waals surface area contributed by atoms with Gasteiger partial charge in [0.05, 0.1) is 25.5 Å². The Labute approximate surface area is 197 Å². The Bertz CT molecular complexity index is 776. The van der Waals surface area contributed by atoms with Crippen LogP contribution in [0.1, 0.15) is 33.1 Å². The van der Waals surface area contributed by atoms with Gasteiger partial charge in [-0.25, -0.2) is 0 Å². The lowest BCUT2D eigenvalue weighted by atomic mass is 9.96. The molecule has 33 heavy (non-hydrogen) atoms. The highest BCUT2D eigenvalue weighted by Crippen LogP contribution is 2.21. The van der Waals surface area contributed by atoms with Crippen molar-refractivity contribution in [1.82, 2.24) is 19.6 Å². The van der Waals surface area contributed by atoms with Crippen LogP contribution in [0.25, 0.3) is 0 Å². The van der Waals surface area contributed by atoms with Crippen LogP contribution in [0.15, 0.2) is 30.3 Å². The summed E-state index contributed by atoms with van der Waals surface area (Å²) in [6.45, 7) is 10.1. The average molecular weight is 459 g/mol. The molecule has 8 heteroatoms. The summed E-state index contributed by atoms with van der Waals surface area (Å²) in [6.07, 6.45) is 1.98. The van der Waals surface area contributed by atoms with Crippen molar-refractivity contribution in [3.05, 3.63) is 30.3 Å². The van der Waals surface area contributed by atoms with E-state index in [0.717, 1.165) is 31.7 Å². The van der Waals surface area contributed by atoms with E-state index in [1.807, 2.05) is 58.9 Å². The number of likely N-dealkylation sites (tertiary alicyclic amines) is 1. The second-order valence-corrected chi connectivity index (χ2v) is 8.76. The zero-order chi connectivity index (χ0) is 23.6. The summed E-state index contributed by atoms with van der Waals surface area (Å²) in [7, 11) is 0. The number of rotatable bonds is 9. The van der Waals surface area contributed by atoms with Crippen LogP contribution in [0.4, 0.5) is 0 Å². The van der Waals surface area contributed by atoms with Crippen molar-refractivity contribution in [2.75, 3.05) is 65.5 Å². The van der Waals surface area contributed by atoms with Gasteiger partial charge in [-0.1, -0.05) is 18.2 Å². The third-order valence-corrected chi connectivity index (χ3v) is 6.61. The quantitative estimate of drug-likeness (QED) is 0.563. The molecule has 182 valence electrons. The highest BCUT2D eigenvalue weighted by molar-refractivity contribution is 5.82. The Hall–Kier alpha value is -2.61. The first-order valence-corrected chi connectivity index (χ1v) is 12.3. The normalized spacial score (nSPS) is 19.3. The second-order valence-electron chi connectivity index (χ2n) is 8.76. The summed E-state index contributed by atoms with van der Waals surface area (Å²) < 4.78 is 5.65. The molecule has 3 amide bonds. The SMILES string of the molecule is CCN(CC)C(=O)CN1CCN(C(=O)C2CCCN(C(=O)CCOc3ccccc3)C2)CC1. The maximum absolute atomic E-state index is 13.1. The lowest BCUT2D eigenvalue weighted by Gasteiger charge is -2.39. The molecule has 1 aromatic rings. The molecule has 1 aromatic carbocycles. The maximum Gasteiger partial charge on any atom is 0.236 e. The minimum Gasteiger partial charge on any atom is -0.493 e. The van der Waals surface area contributed by atoms with Gasteiger partial charge in [0.2, 0.25) is 17.7 Å². The smallest absolute Gasteiger partial charge is 0.236 e. The molecule has 8 nitrogen and oxygen atoms in total. The number of likely N-dealkylation sites (N-methyl/N-ethyl adjacent to an activating group) is 1. The van der Waals surface area contributed by atoms with Crippen LogP contribution < -0.4 is 4.74 Å². The van der Waals surface area contributed by atoms with E-state index in [1.54, 1.807) is 0 Å². The summed E-state index contributed by atoms with van der Waals surface area (Å²) in [4.78, 5) is 45.8. The number of amides is 3. The Morgan fingerprint density at radius 3 is 2.33 bits per heavy atom. The molecule has 2 aliphatic heterocycles. The number of ether oxygens (including phenoxy) is 1. The molecule has 0 bridgehead atoms. The van der Waals surface area contributed by atoms with Crippen LogP contribution in [0.3, 0.4) is 0 Å². The molecule has 2 heterocycles. The highest BCUT2D eigenvalue weighted by Gasteiger charge is 2.32. The minimum atomic E-state index is -0.137. The highest BCUT2D eigenvalue weighted by atomic mass is 16.5. The number of hydrogen-bond acceptors (Lipinski definition) is 5. The van der Waals surface area contributed by atoms with Gasteiger partial charge in [-0.15, -0.1) is 0 Å². The van der Waals surface area contributed by atoms with Gasteiger partial charge in [-0.05, 0) is 38.8 Å². The summed E-state index contributed by atoms with van der Waals surface area (Å²) in [5.74, 6) is 0.958. The van der Waals surface area contributed by atoms with Crippen LogP contribution >= 0.6 is 0 Å². The Kier molecular flexibility index (Phi) is 9.54. The number of carbonyl (C=O) groups is 3. The maximum atomic E-state index is 13.1. The van der Waals surface area contributed by atoms with Crippen molar-refractivity contribution in [2.24, 2.45) is 5.92 Å². The predicted octanol–water partition coefficient (Wildman–Crippen LogP) is 1.71. The van der Waals surface area contributed by atoms with Gasteiger partial charge in [0.1, 0.15) is 5.75 Å². The number of hydrogen-bond donors (Lipinski definition) is 0. The van der Waals surface area contributed by atoms with Gasteiger partial charge in [0.15, 0.2) is 0 Å². The molecular formula is C25H38N4O4. The molecule has 1 unspecified atom stereocenters. The first-order chi connectivity index (χ1) is 16.0. The summed E-state index contributed by atoms with van der Waals surface area (Å²) >= 11 is 0. The zero-order valence-corrected chi connectivity index (χ0v) is 20.1. The van der Waals surface area contributed by atoms with Crippen LogP contribution in [-0.2, 0) is 14.4 Å². The Morgan fingerprint density at radius 2 is 1.67 bits per heavy atom. The molecule has 0 N–H and O–H groups in total. The van der Waals surface area contributed by atoms with Gasteiger partial charge in [0, 0.05) is 52.4 Å². The van der Waals surface area contributed by atoms with Crippen LogP contribution in [0, 0.1) is 5.92 Å². The fourth-order valence-corrected chi connectivity index (χ4v) is 4.59. The number of carbonyl (C=O) groups excluding carboxylic acids is 3. The summed E-state index contributed by atoms with van der Waals surface area (Å²) in [5, 5.41) is 0. The van der Waals surface area contributed by atoms with Gasteiger partial charge in [0.25, 0.3) is 0 Å². The van der Waals surface area contributed by atoms with Gasteiger partial charge >= 0.3 is 0 Å². The monoisotopic (exact) mass is 458 g/mol. The van der Waals surface area contributed by atoms with E-state index in [1.165, 1.54) is 0 Å². The Balaban J connectivity index is 1.41. The first-order valence-electron chi connectivity index (χ1n) is 12.3. The fourth-order valence-electron chi connectivity index (χ4n) is 4.59. The summed E-state index contributed by atoms with van der Waals surface area (Å²) in [6, 6.07) is 9.48. The van der Waals surface area contributed by atoms with E-state index in [2.05, 4.69) is 4.90 Å². The van der Waals surface area contributed by atoms with E-state index in [0.29, 0.717) is 58.8 Å². The fraction of sp³-hybridized carbons (Fsp3) is 0.640. The third kappa shape index (κ3) is 7.19. The standard InChI is InChI=1S/C25H38N4O4/c1-3-27(4-2)24(31)20-26-14-16-28(17-15-26)25(32)21-9-8-13-29(19-21)23(30)12-18-33-22-10-6-5-7-11-22/h5-7,10-11,21H,3-4,8-9,12-20H2,1-2H3. The molecule has 2 saturated heterocycles. The number of nitrogens with zero attached hydrogens (tertiary/aromatic N) is 4.